The lowest BCUT2D eigenvalue weighted by atomic mass is 10.1. The molecular formula is C14H20N2O2S. The number of thioether (sulfide) groups is 1. The summed E-state index contributed by atoms with van der Waals surface area (Å²) in [6.07, 6.45) is 2.58. The Morgan fingerprint density at radius 3 is 3.16 bits per heavy atom. The van der Waals surface area contributed by atoms with Crippen molar-refractivity contribution < 1.29 is 9.53 Å². The van der Waals surface area contributed by atoms with E-state index >= 15 is 0 Å². The van der Waals surface area contributed by atoms with Gasteiger partial charge >= 0.3 is 0 Å². The number of nitrogens with two attached hydrogens (primary N) is 1. The molecule has 19 heavy (non-hydrogen) atoms. The molecule has 0 radical (unpaired) electrons. The summed E-state index contributed by atoms with van der Waals surface area (Å²) in [5.74, 6) is 1.36. The van der Waals surface area contributed by atoms with Gasteiger partial charge < -0.3 is 15.8 Å². The molecule has 0 saturated carbocycles. The van der Waals surface area contributed by atoms with Gasteiger partial charge in [0.1, 0.15) is 0 Å². The van der Waals surface area contributed by atoms with Gasteiger partial charge in [0.05, 0.1) is 11.9 Å². The van der Waals surface area contributed by atoms with E-state index in [0.29, 0.717) is 17.5 Å². The molecule has 1 fully saturated rings. The zero-order valence-electron chi connectivity index (χ0n) is 11.1. The van der Waals surface area contributed by atoms with E-state index < -0.39 is 0 Å². The quantitative estimate of drug-likeness (QED) is 0.813. The van der Waals surface area contributed by atoms with E-state index in [0.717, 1.165) is 36.5 Å². The van der Waals surface area contributed by atoms with Gasteiger partial charge in [-0.15, -0.1) is 11.8 Å². The number of anilines is 2. The van der Waals surface area contributed by atoms with Crippen molar-refractivity contribution in [3.05, 3.63) is 23.8 Å². The number of amides is 1. The van der Waals surface area contributed by atoms with Crippen LogP contribution >= 0.6 is 11.8 Å². The first-order valence-electron chi connectivity index (χ1n) is 6.51. The second-order valence-corrected chi connectivity index (χ2v) is 5.75. The maximum Gasteiger partial charge on any atom is 0.234 e. The van der Waals surface area contributed by atoms with Crippen molar-refractivity contribution in [2.24, 2.45) is 0 Å². The molecule has 1 aromatic carbocycles. The topological polar surface area (TPSA) is 64.3 Å². The number of ether oxygens (including phenoxy) is 1. The van der Waals surface area contributed by atoms with Crippen LogP contribution in [-0.4, -0.2) is 30.1 Å². The molecule has 2 rings (SSSR count). The van der Waals surface area contributed by atoms with Gasteiger partial charge in [0.25, 0.3) is 0 Å². The van der Waals surface area contributed by atoms with Gasteiger partial charge in [0.15, 0.2) is 0 Å². The summed E-state index contributed by atoms with van der Waals surface area (Å²) in [5.41, 5.74) is 8.22. The molecule has 1 saturated heterocycles. The second kappa shape index (κ2) is 6.82. The average Bonchev–Trinajstić information content (AvgIpc) is 2.88. The number of hydrogen-bond donors (Lipinski definition) is 2. The van der Waals surface area contributed by atoms with E-state index in [4.69, 9.17) is 10.5 Å². The number of benzene rings is 1. The van der Waals surface area contributed by atoms with Crippen molar-refractivity contribution in [2.45, 2.75) is 25.9 Å². The van der Waals surface area contributed by atoms with Crippen LogP contribution < -0.4 is 11.1 Å². The molecule has 1 heterocycles. The van der Waals surface area contributed by atoms with Crippen LogP contribution in [0.25, 0.3) is 0 Å². The predicted octanol–water partition coefficient (Wildman–Crippen LogP) is 2.43. The van der Waals surface area contributed by atoms with Crippen LogP contribution in [0.5, 0.6) is 0 Å². The predicted molar refractivity (Wildman–Crippen MR) is 80.5 cm³/mol. The third-order valence-electron chi connectivity index (χ3n) is 3.21. The molecule has 0 aromatic heterocycles. The number of carbonyl (C=O) groups excluding carboxylic acids is 1. The summed E-state index contributed by atoms with van der Waals surface area (Å²) in [5, 5.41) is 2.90. The highest BCUT2D eigenvalue weighted by atomic mass is 32.2. The van der Waals surface area contributed by atoms with Crippen LogP contribution in [0.2, 0.25) is 0 Å². The third kappa shape index (κ3) is 4.14. The minimum atomic E-state index is 0.0108. The van der Waals surface area contributed by atoms with Gasteiger partial charge in [-0.1, -0.05) is 6.07 Å². The lowest BCUT2D eigenvalue weighted by Gasteiger charge is -2.11. The van der Waals surface area contributed by atoms with Crippen LogP contribution in [-0.2, 0) is 9.53 Å². The molecule has 0 bridgehead atoms. The standard InChI is InChI=1S/C14H20N2O2S/c1-10-12(15)5-2-6-13(10)16-14(17)9-19-8-11-4-3-7-18-11/h2,5-6,11H,3-4,7-9,15H2,1H3,(H,16,17). The summed E-state index contributed by atoms with van der Waals surface area (Å²) in [6.45, 7) is 2.77. The Morgan fingerprint density at radius 1 is 1.58 bits per heavy atom. The smallest absolute Gasteiger partial charge is 0.234 e. The molecule has 0 spiro atoms. The van der Waals surface area contributed by atoms with Gasteiger partial charge in [-0.3, -0.25) is 4.79 Å². The second-order valence-electron chi connectivity index (χ2n) is 4.72. The molecular weight excluding hydrogens is 260 g/mol. The van der Waals surface area contributed by atoms with Gasteiger partial charge in [-0.2, -0.15) is 0 Å². The molecule has 0 aliphatic carbocycles. The minimum Gasteiger partial charge on any atom is -0.398 e. The molecule has 1 atom stereocenters. The molecule has 1 aliphatic heterocycles. The number of rotatable bonds is 5. The van der Waals surface area contributed by atoms with Crippen molar-refractivity contribution >= 4 is 29.0 Å². The minimum absolute atomic E-state index is 0.0108. The Kier molecular flexibility index (Phi) is 5.10. The summed E-state index contributed by atoms with van der Waals surface area (Å²) in [7, 11) is 0. The first kappa shape index (κ1) is 14.2. The first-order chi connectivity index (χ1) is 9.16. The van der Waals surface area contributed by atoms with E-state index in [9.17, 15) is 4.79 Å². The highest BCUT2D eigenvalue weighted by Crippen LogP contribution is 2.21. The molecule has 1 aromatic rings. The molecule has 1 unspecified atom stereocenters. The van der Waals surface area contributed by atoms with E-state index in [1.165, 1.54) is 0 Å². The Balaban J connectivity index is 1.76. The Bertz CT molecular complexity index is 445. The molecule has 1 amide bonds. The molecule has 3 N–H and O–H groups in total. The summed E-state index contributed by atoms with van der Waals surface area (Å²) in [4.78, 5) is 11.8. The number of nitrogens with one attached hydrogen (secondary N) is 1. The number of nitrogen functional groups attached to an aromatic ring is 1. The van der Waals surface area contributed by atoms with Gasteiger partial charge in [-0.05, 0) is 37.5 Å². The fourth-order valence-corrected chi connectivity index (χ4v) is 2.94. The monoisotopic (exact) mass is 280 g/mol. The van der Waals surface area contributed by atoms with Gasteiger partial charge in [0, 0.05) is 23.7 Å². The van der Waals surface area contributed by atoms with Crippen LogP contribution in [0.3, 0.4) is 0 Å². The Morgan fingerprint density at radius 2 is 2.42 bits per heavy atom. The fourth-order valence-electron chi connectivity index (χ4n) is 2.03. The zero-order valence-corrected chi connectivity index (χ0v) is 12.0. The van der Waals surface area contributed by atoms with E-state index in [2.05, 4.69) is 5.32 Å². The lowest BCUT2D eigenvalue weighted by Crippen LogP contribution is -2.17. The SMILES string of the molecule is Cc1c(N)cccc1NC(=O)CSCC1CCCO1. The van der Waals surface area contributed by atoms with E-state index in [1.807, 2.05) is 25.1 Å². The fraction of sp³-hybridized carbons (Fsp3) is 0.500. The van der Waals surface area contributed by atoms with E-state index in [-0.39, 0.29) is 5.91 Å². The maximum absolute atomic E-state index is 11.8. The van der Waals surface area contributed by atoms with Crippen molar-refractivity contribution in [3.63, 3.8) is 0 Å². The summed E-state index contributed by atoms with van der Waals surface area (Å²) in [6, 6.07) is 5.54. The van der Waals surface area contributed by atoms with Crippen molar-refractivity contribution in [1.82, 2.24) is 0 Å². The third-order valence-corrected chi connectivity index (χ3v) is 4.28. The Labute approximate surface area is 118 Å². The van der Waals surface area contributed by atoms with Crippen LogP contribution in [0.4, 0.5) is 11.4 Å². The normalized spacial score (nSPS) is 18.5. The van der Waals surface area contributed by atoms with Gasteiger partial charge in [-0.25, -0.2) is 0 Å². The zero-order chi connectivity index (χ0) is 13.7. The van der Waals surface area contributed by atoms with Gasteiger partial charge in [0.2, 0.25) is 5.91 Å². The van der Waals surface area contributed by atoms with Crippen molar-refractivity contribution in [3.8, 4) is 0 Å². The van der Waals surface area contributed by atoms with E-state index in [1.54, 1.807) is 11.8 Å². The first-order valence-corrected chi connectivity index (χ1v) is 7.66. The van der Waals surface area contributed by atoms with Crippen LogP contribution in [0.1, 0.15) is 18.4 Å². The lowest BCUT2D eigenvalue weighted by molar-refractivity contribution is -0.113. The average molecular weight is 280 g/mol. The largest absolute Gasteiger partial charge is 0.398 e. The molecule has 1 aliphatic rings. The number of carbonyl (C=O) groups is 1. The highest BCUT2D eigenvalue weighted by molar-refractivity contribution is 8.00. The van der Waals surface area contributed by atoms with Crippen molar-refractivity contribution in [1.29, 1.82) is 0 Å². The van der Waals surface area contributed by atoms with Crippen molar-refractivity contribution in [2.75, 3.05) is 29.2 Å². The number of hydrogen-bond acceptors (Lipinski definition) is 4. The maximum atomic E-state index is 11.8. The molecule has 4 nitrogen and oxygen atoms in total. The molecule has 5 heteroatoms. The Hall–Kier alpha value is -1.20. The summed E-state index contributed by atoms with van der Waals surface area (Å²) >= 11 is 1.62. The summed E-state index contributed by atoms with van der Waals surface area (Å²) < 4.78 is 5.52. The molecule has 104 valence electrons. The van der Waals surface area contributed by atoms with Crippen LogP contribution in [0.15, 0.2) is 18.2 Å². The van der Waals surface area contributed by atoms with Crippen LogP contribution in [0, 0.1) is 6.92 Å². The highest BCUT2D eigenvalue weighted by Gasteiger charge is 2.16.